The maximum atomic E-state index is 15.6. The molecular formula is C40H35ClF6N8O4S. The van der Waals surface area contributed by atoms with Gasteiger partial charge in [0.05, 0.1) is 45.5 Å². The molecule has 12 nitrogen and oxygen atoms in total. The van der Waals surface area contributed by atoms with E-state index in [9.17, 15) is 35.9 Å². The second-order valence-corrected chi connectivity index (χ2v) is 17.4. The van der Waals surface area contributed by atoms with E-state index in [1.54, 1.807) is 31.1 Å². The molecule has 0 fully saturated rings. The molecule has 3 heterocycles. The smallest absolute Gasteiger partial charge is 0.304 e. The molecule has 3 N–H and O–H groups in total. The summed E-state index contributed by atoms with van der Waals surface area (Å²) in [5.74, 6) is 0.898. The summed E-state index contributed by atoms with van der Waals surface area (Å²) in [5.41, 5.74) is -2.41. The summed E-state index contributed by atoms with van der Waals surface area (Å²) in [4.78, 5) is 20.7. The highest BCUT2D eigenvalue weighted by Crippen LogP contribution is 2.57. The molecule has 2 aromatic carbocycles. The molecule has 314 valence electrons. The molecule has 0 bridgehead atoms. The lowest BCUT2D eigenvalue weighted by molar-refractivity contribution is -0.123. The molecule has 0 saturated carbocycles. The first-order valence-corrected chi connectivity index (χ1v) is 20.3. The largest absolute Gasteiger partial charge is 0.378 e. The van der Waals surface area contributed by atoms with Gasteiger partial charge in [0.1, 0.15) is 46.8 Å². The van der Waals surface area contributed by atoms with Gasteiger partial charge in [0, 0.05) is 43.9 Å². The van der Waals surface area contributed by atoms with Crippen LogP contribution in [-0.2, 0) is 40.8 Å². The first-order chi connectivity index (χ1) is 27.9. The number of hydrogen-bond acceptors (Lipinski definition) is 8. The SMILES string of the molecule is CN(C)c1cc(-c2ccc(Cl)c3c(NS(C)(=O)=O)nn(C)c23)c([C@H](Cc2cc(F)cc(F)c2)NC(=O)Cn2nc(C(F)F)c3c2C(F)(F)[C@@H]2C#C[C@H]32)nc1C#CC(C)(C)O. The Labute approximate surface area is 345 Å². The zero-order valence-electron chi connectivity index (χ0n) is 32.6. The highest BCUT2D eigenvalue weighted by Gasteiger charge is 2.60. The van der Waals surface area contributed by atoms with Gasteiger partial charge in [-0.25, -0.2) is 31.0 Å². The van der Waals surface area contributed by atoms with E-state index in [-0.39, 0.29) is 50.7 Å². The number of aryl methyl sites for hydroxylation is 1. The number of nitrogens with zero attached hydrogens (tertiary/aromatic N) is 6. The quantitative estimate of drug-likeness (QED) is 0.105. The summed E-state index contributed by atoms with van der Waals surface area (Å²) in [7, 11) is 1.03. The van der Waals surface area contributed by atoms with Gasteiger partial charge in [0.25, 0.3) is 6.43 Å². The second-order valence-electron chi connectivity index (χ2n) is 15.2. The van der Waals surface area contributed by atoms with Crippen LogP contribution >= 0.6 is 11.6 Å². The maximum absolute atomic E-state index is 15.6. The minimum Gasteiger partial charge on any atom is -0.378 e. The second kappa shape index (κ2) is 15.1. The predicted molar refractivity (Wildman–Crippen MR) is 211 cm³/mol. The standard InChI is InChI=1S/C40H35ClF6N8O4S/c1-39(2,57)12-11-27-29(53(3)4)17-24(22-8-10-26(41)32-35(22)54(5)51-38(32)52-60(6,58)59)33(49-27)28(15-19-13-20(42)16-21(43)14-19)48-30(56)18-55-36-31(34(50-55)37(44)45)23-7-9-25(23)40(36,46)47/h8,10,13-14,16-17,23,25,28,37,57H,15,18H2,1-6H3,(H,48,56)(H,51,52)/t23-,25+,28-/m0/s1. The first-order valence-electron chi connectivity index (χ1n) is 18.1. The fourth-order valence-corrected chi connectivity index (χ4v) is 8.14. The van der Waals surface area contributed by atoms with Gasteiger partial charge in [-0.05, 0) is 56.0 Å². The Hall–Kier alpha value is -5.76. The van der Waals surface area contributed by atoms with Gasteiger partial charge in [0.15, 0.2) is 5.82 Å². The van der Waals surface area contributed by atoms with Gasteiger partial charge in [-0.1, -0.05) is 35.4 Å². The number of hydrogen-bond donors (Lipinski definition) is 3. The van der Waals surface area contributed by atoms with Crippen molar-refractivity contribution in [2.45, 2.75) is 56.7 Å². The minimum atomic E-state index is -3.86. The molecule has 3 aromatic heterocycles. The minimum absolute atomic E-state index is 0.00292. The molecule has 0 unspecified atom stereocenters. The van der Waals surface area contributed by atoms with Crippen LogP contribution in [-0.4, -0.2) is 69.9 Å². The fourth-order valence-electron chi connectivity index (χ4n) is 7.41. The van der Waals surface area contributed by atoms with Crippen LogP contribution in [0.1, 0.15) is 66.1 Å². The Morgan fingerprint density at radius 1 is 1.08 bits per heavy atom. The van der Waals surface area contributed by atoms with Crippen molar-refractivity contribution >= 4 is 49.9 Å². The van der Waals surface area contributed by atoms with Gasteiger partial charge in [-0.2, -0.15) is 19.0 Å². The van der Waals surface area contributed by atoms with Crippen LogP contribution in [0.25, 0.3) is 22.0 Å². The van der Waals surface area contributed by atoms with Crippen molar-refractivity contribution < 1.29 is 44.7 Å². The van der Waals surface area contributed by atoms with Gasteiger partial charge in [-0.3, -0.25) is 18.9 Å². The van der Waals surface area contributed by atoms with Crippen LogP contribution in [0.2, 0.25) is 5.02 Å². The molecule has 5 aromatic rings. The highest BCUT2D eigenvalue weighted by molar-refractivity contribution is 7.92. The molecule has 1 amide bonds. The molecule has 2 aliphatic carbocycles. The lowest BCUT2D eigenvalue weighted by atomic mass is 9.84. The first kappa shape index (κ1) is 42.4. The lowest BCUT2D eigenvalue weighted by Gasteiger charge is -2.26. The Bertz CT molecular complexity index is 2830. The maximum Gasteiger partial charge on any atom is 0.304 e. The summed E-state index contributed by atoms with van der Waals surface area (Å²) >= 11 is 6.64. The number of aromatic nitrogens is 5. The number of carbonyl (C=O) groups is 1. The summed E-state index contributed by atoms with van der Waals surface area (Å²) in [6.07, 6.45) is -2.70. The van der Waals surface area contributed by atoms with E-state index >= 15 is 8.78 Å². The summed E-state index contributed by atoms with van der Waals surface area (Å²) < 4.78 is 118. The Balaban J connectivity index is 1.45. The molecule has 60 heavy (non-hydrogen) atoms. The molecule has 0 aliphatic heterocycles. The zero-order chi connectivity index (χ0) is 43.8. The van der Waals surface area contributed by atoms with Crippen LogP contribution in [0.5, 0.6) is 0 Å². The molecule has 0 spiro atoms. The van der Waals surface area contributed by atoms with Crippen LogP contribution in [0.3, 0.4) is 0 Å². The number of benzene rings is 2. The Morgan fingerprint density at radius 3 is 2.35 bits per heavy atom. The number of nitrogens with one attached hydrogen (secondary N) is 2. The summed E-state index contributed by atoms with van der Waals surface area (Å²) in [6.45, 7) is 1.89. The molecule has 7 rings (SSSR count). The number of alkyl halides is 4. The normalized spacial score (nSPS) is 16.9. The Kier molecular flexibility index (Phi) is 10.6. The fraction of sp³-hybridized carbons (Fsp3) is 0.350. The topological polar surface area (TPSA) is 147 Å². The van der Waals surface area contributed by atoms with Crippen molar-refractivity contribution in [3.05, 3.63) is 87.0 Å². The highest BCUT2D eigenvalue weighted by atomic mass is 35.5. The number of aliphatic hydroxyl groups is 1. The average Bonchev–Trinajstić information content (AvgIpc) is 3.67. The number of amides is 1. The Morgan fingerprint density at radius 2 is 1.77 bits per heavy atom. The van der Waals surface area contributed by atoms with E-state index in [0.717, 1.165) is 18.4 Å². The van der Waals surface area contributed by atoms with Crippen molar-refractivity contribution in [1.82, 2.24) is 29.9 Å². The van der Waals surface area contributed by atoms with E-state index in [2.05, 4.69) is 43.9 Å². The molecule has 0 saturated heterocycles. The molecular weight excluding hydrogens is 838 g/mol. The van der Waals surface area contributed by atoms with E-state index in [1.807, 2.05) is 0 Å². The van der Waals surface area contributed by atoms with Crippen molar-refractivity contribution in [2.24, 2.45) is 13.0 Å². The lowest BCUT2D eigenvalue weighted by Crippen LogP contribution is -2.36. The van der Waals surface area contributed by atoms with Gasteiger partial charge in [-0.15, -0.1) is 0 Å². The summed E-state index contributed by atoms with van der Waals surface area (Å²) in [5, 5.41) is 21.6. The van der Waals surface area contributed by atoms with Crippen molar-refractivity contribution in [3.8, 4) is 34.8 Å². The van der Waals surface area contributed by atoms with Crippen LogP contribution in [0, 0.1) is 41.2 Å². The number of rotatable bonds is 11. The third kappa shape index (κ3) is 7.96. The zero-order valence-corrected chi connectivity index (χ0v) is 34.2. The van der Waals surface area contributed by atoms with E-state index < -0.39 is 86.9 Å². The van der Waals surface area contributed by atoms with Crippen LogP contribution in [0.4, 0.5) is 37.8 Å². The van der Waals surface area contributed by atoms with Gasteiger partial charge in [0.2, 0.25) is 15.9 Å². The third-order valence-electron chi connectivity index (χ3n) is 9.80. The molecule has 2 aliphatic rings. The number of anilines is 2. The van der Waals surface area contributed by atoms with Crippen molar-refractivity contribution in [3.63, 3.8) is 0 Å². The molecule has 3 atom stereocenters. The van der Waals surface area contributed by atoms with E-state index in [0.29, 0.717) is 22.0 Å². The van der Waals surface area contributed by atoms with Crippen LogP contribution < -0.4 is 14.9 Å². The number of fused-ring (bicyclic) bond motifs is 4. The van der Waals surface area contributed by atoms with Crippen molar-refractivity contribution in [2.75, 3.05) is 30.0 Å². The molecule has 0 radical (unpaired) electrons. The number of carbonyl (C=O) groups excluding carboxylic acids is 1. The number of pyridine rings is 1. The van der Waals surface area contributed by atoms with Crippen LogP contribution in [0.15, 0.2) is 36.4 Å². The third-order valence-corrected chi connectivity index (χ3v) is 10.7. The van der Waals surface area contributed by atoms with E-state index in [4.69, 9.17) is 16.6 Å². The monoisotopic (exact) mass is 872 g/mol. The van der Waals surface area contributed by atoms with Gasteiger partial charge < -0.3 is 15.3 Å². The number of halogens is 7. The van der Waals surface area contributed by atoms with E-state index in [1.165, 1.54) is 31.6 Å². The predicted octanol–water partition coefficient (Wildman–Crippen LogP) is 6.18. The van der Waals surface area contributed by atoms with Crippen molar-refractivity contribution in [1.29, 1.82) is 0 Å². The number of sulfonamides is 1. The van der Waals surface area contributed by atoms with Gasteiger partial charge >= 0.3 is 5.92 Å². The average molecular weight is 873 g/mol. The molecule has 20 heteroatoms. The summed E-state index contributed by atoms with van der Waals surface area (Å²) in [6, 6.07) is 5.98.